The highest BCUT2D eigenvalue weighted by molar-refractivity contribution is 4.69. The minimum atomic E-state index is -0.233. The van der Waals surface area contributed by atoms with Gasteiger partial charge in [-0.1, -0.05) is 32.1 Å². The lowest BCUT2D eigenvalue weighted by Gasteiger charge is -2.23. The first kappa shape index (κ1) is 11.0. The Kier molecular flexibility index (Phi) is 5.40. The number of aliphatic hydroxyl groups excluding tert-OH is 1. The molecular weight excluding hydrogens is 164 g/mol. The van der Waals surface area contributed by atoms with Gasteiger partial charge in [0.1, 0.15) is 0 Å². The molecule has 1 N–H and O–H groups in total. The summed E-state index contributed by atoms with van der Waals surface area (Å²) < 4.78 is 5.19. The molecule has 13 heavy (non-hydrogen) atoms. The van der Waals surface area contributed by atoms with E-state index in [1.165, 1.54) is 32.1 Å². The maximum absolute atomic E-state index is 9.61. The molecule has 0 heterocycles. The van der Waals surface area contributed by atoms with Crippen LogP contribution in [0.1, 0.15) is 45.4 Å². The van der Waals surface area contributed by atoms with E-state index in [-0.39, 0.29) is 6.10 Å². The fourth-order valence-corrected chi connectivity index (χ4v) is 2.13. The Hall–Kier alpha value is -0.0800. The molecule has 0 aromatic heterocycles. The molecule has 0 radical (unpaired) electrons. The highest BCUT2D eigenvalue weighted by Crippen LogP contribution is 2.27. The molecule has 0 spiro atoms. The van der Waals surface area contributed by atoms with Crippen molar-refractivity contribution in [3.8, 4) is 0 Å². The van der Waals surface area contributed by atoms with Crippen LogP contribution in [0.15, 0.2) is 0 Å². The Balaban J connectivity index is 2.07. The van der Waals surface area contributed by atoms with Crippen LogP contribution in [0, 0.1) is 5.92 Å². The van der Waals surface area contributed by atoms with Crippen LogP contribution in [0.4, 0.5) is 0 Å². The lowest BCUT2D eigenvalue weighted by atomic mass is 9.85. The van der Waals surface area contributed by atoms with E-state index in [2.05, 4.69) is 0 Å². The number of hydrogen-bond acceptors (Lipinski definition) is 2. The summed E-state index contributed by atoms with van der Waals surface area (Å²) in [6.07, 6.45) is 7.42. The van der Waals surface area contributed by atoms with E-state index in [4.69, 9.17) is 4.74 Å². The first-order valence-corrected chi connectivity index (χ1v) is 5.58. The SMILES string of the molecule is CCOCC(O)CC1CCCCC1. The summed E-state index contributed by atoms with van der Waals surface area (Å²) in [7, 11) is 0. The second kappa shape index (κ2) is 6.39. The van der Waals surface area contributed by atoms with Gasteiger partial charge in [-0.2, -0.15) is 0 Å². The summed E-state index contributed by atoms with van der Waals surface area (Å²) in [5, 5.41) is 9.61. The summed E-state index contributed by atoms with van der Waals surface area (Å²) in [4.78, 5) is 0. The lowest BCUT2D eigenvalue weighted by molar-refractivity contribution is 0.0258. The second-order valence-corrected chi connectivity index (χ2v) is 4.05. The van der Waals surface area contributed by atoms with Gasteiger partial charge in [0.2, 0.25) is 0 Å². The molecule has 2 nitrogen and oxygen atoms in total. The van der Waals surface area contributed by atoms with Gasteiger partial charge in [-0.15, -0.1) is 0 Å². The van der Waals surface area contributed by atoms with Gasteiger partial charge in [-0.3, -0.25) is 0 Å². The third-order valence-electron chi connectivity index (χ3n) is 2.84. The fourth-order valence-electron chi connectivity index (χ4n) is 2.13. The summed E-state index contributed by atoms with van der Waals surface area (Å²) in [6.45, 7) is 3.20. The van der Waals surface area contributed by atoms with Gasteiger partial charge in [0.05, 0.1) is 12.7 Å². The summed E-state index contributed by atoms with van der Waals surface area (Å²) in [5.74, 6) is 0.754. The van der Waals surface area contributed by atoms with Crippen molar-refractivity contribution < 1.29 is 9.84 Å². The molecule has 0 aromatic carbocycles. The van der Waals surface area contributed by atoms with Crippen molar-refractivity contribution in [2.45, 2.75) is 51.6 Å². The lowest BCUT2D eigenvalue weighted by Crippen LogP contribution is -2.20. The number of rotatable bonds is 5. The topological polar surface area (TPSA) is 29.5 Å². The summed E-state index contributed by atoms with van der Waals surface area (Å²) in [5.41, 5.74) is 0. The zero-order chi connectivity index (χ0) is 9.52. The van der Waals surface area contributed by atoms with Gasteiger partial charge in [-0.25, -0.2) is 0 Å². The second-order valence-electron chi connectivity index (χ2n) is 4.05. The first-order chi connectivity index (χ1) is 6.33. The molecule has 0 aliphatic heterocycles. The number of ether oxygens (including phenoxy) is 1. The first-order valence-electron chi connectivity index (χ1n) is 5.58. The van der Waals surface area contributed by atoms with E-state index in [0.29, 0.717) is 13.2 Å². The predicted molar refractivity (Wildman–Crippen MR) is 53.7 cm³/mol. The Morgan fingerprint density at radius 1 is 1.31 bits per heavy atom. The van der Waals surface area contributed by atoms with Crippen LogP contribution in [0.5, 0.6) is 0 Å². The van der Waals surface area contributed by atoms with Crippen molar-refractivity contribution in [3.05, 3.63) is 0 Å². The van der Waals surface area contributed by atoms with Crippen molar-refractivity contribution in [1.82, 2.24) is 0 Å². The van der Waals surface area contributed by atoms with Crippen molar-refractivity contribution in [1.29, 1.82) is 0 Å². The van der Waals surface area contributed by atoms with Crippen molar-refractivity contribution in [3.63, 3.8) is 0 Å². The Labute approximate surface area is 81.3 Å². The van der Waals surface area contributed by atoms with E-state index in [0.717, 1.165) is 12.3 Å². The van der Waals surface area contributed by atoms with Crippen molar-refractivity contribution in [2.24, 2.45) is 5.92 Å². The van der Waals surface area contributed by atoms with Crippen LogP contribution >= 0.6 is 0 Å². The summed E-state index contributed by atoms with van der Waals surface area (Å²) in [6, 6.07) is 0. The molecule has 0 saturated heterocycles. The highest BCUT2D eigenvalue weighted by atomic mass is 16.5. The van der Waals surface area contributed by atoms with Crippen LogP contribution in [-0.2, 0) is 4.74 Å². The van der Waals surface area contributed by atoms with Crippen LogP contribution < -0.4 is 0 Å². The van der Waals surface area contributed by atoms with Crippen molar-refractivity contribution >= 4 is 0 Å². The van der Waals surface area contributed by atoms with E-state index >= 15 is 0 Å². The molecule has 78 valence electrons. The minimum absolute atomic E-state index is 0.233. The molecule has 1 aliphatic rings. The zero-order valence-electron chi connectivity index (χ0n) is 8.67. The molecule has 0 bridgehead atoms. The Bertz CT molecular complexity index is 119. The molecule has 0 aromatic rings. The van der Waals surface area contributed by atoms with Gasteiger partial charge >= 0.3 is 0 Å². The van der Waals surface area contributed by atoms with Gasteiger partial charge in [0.25, 0.3) is 0 Å². The Morgan fingerprint density at radius 3 is 2.62 bits per heavy atom. The number of hydrogen-bond donors (Lipinski definition) is 1. The monoisotopic (exact) mass is 186 g/mol. The standard InChI is InChI=1S/C11H22O2/c1-2-13-9-11(12)8-10-6-4-3-5-7-10/h10-12H,2-9H2,1H3. The van der Waals surface area contributed by atoms with Crippen LogP contribution in [0.2, 0.25) is 0 Å². The van der Waals surface area contributed by atoms with Gasteiger partial charge in [-0.05, 0) is 19.3 Å². The molecule has 2 heteroatoms. The van der Waals surface area contributed by atoms with Gasteiger partial charge in [0, 0.05) is 6.61 Å². The van der Waals surface area contributed by atoms with Crippen LogP contribution in [0.25, 0.3) is 0 Å². The molecule has 1 rings (SSSR count). The fraction of sp³-hybridized carbons (Fsp3) is 1.00. The Morgan fingerprint density at radius 2 is 2.00 bits per heavy atom. The molecular formula is C11H22O2. The number of aliphatic hydroxyl groups is 1. The molecule has 1 unspecified atom stereocenters. The molecule has 1 atom stereocenters. The van der Waals surface area contributed by atoms with Crippen LogP contribution in [-0.4, -0.2) is 24.4 Å². The minimum Gasteiger partial charge on any atom is -0.391 e. The zero-order valence-corrected chi connectivity index (χ0v) is 8.67. The largest absolute Gasteiger partial charge is 0.391 e. The average molecular weight is 186 g/mol. The van der Waals surface area contributed by atoms with E-state index in [9.17, 15) is 5.11 Å². The third kappa shape index (κ3) is 4.63. The summed E-state index contributed by atoms with van der Waals surface area (Å²) >= 11 is 0. The highest BCUT2D eigenvalue weighted by Gasteiger charge is 2.17. The van der Waals surface area contributed by atoms with E-state index < -0.39 is 0 Å². The van der Waals surface area contributed by atoms with Crippen molar-refractivity contribution in [2.75, 3.05) is 13.2 Å². The van der Waals surface area contributed by atoms with Gasteiger partial charge in [0.15, 0.2) is 0 Å². The van der Waals surface area contributed by atoms with Crippen LogP contribution in [0.3, 0.4) is 0 Å². The third-order valence-corrected chi connectivity index (χ3v) is 2.84. The quantitative estimate of drug-likeness (QED) is 0.714. The predicted octanol–water partition coefficient (Wildman–Crippen LogP) is 2.35. The van der Waals surface area contributed by atoms with Gasteiger partial charge < -0.3 is 9.84 Å². The maximum Gasteiger partial charge on any atom is 0.0776 e. The normalized spacial score (nSPS) is 21.7. The van der Waals surface area contributed by atoms with E-state index in [1.54, 1.807) is 0 Å². The smallest absolute Gasteiger partial charge is 0.0776 e. The molecule has 0 amide bonds. The van der Waals surface area contributed by atoms with E-state index in [1.807, 2.05) is 6.92 Å². The maximum atomic E-state index is 9.61. The average Bonchev–Trinajstić information content (AvgIpc) is 2.16. The molecule has 1 aliphatic carbocycles. The molecule has 1 saturated carbocycles. The molecule has 1 fully saturated rings.